The van der Waals surface area contributed by atoms with Crippen molar-refractivity contribution in [1.82, 2.24) is 10.2 Å². The van der Waals surface area contributed by atoms with Gasteiger partial charge in [-0.1, -0.05) is 42.8 Å². The number of nitrogens with one attached hydrogen (secondary N) is 2. The van der Waals surface area contributed by atoms with Crippen LogP contribution >= 0.6 is 11.6 Å². The predicted molar refractivity (Wildman–Crippen MR) is 148 cm³/mol. The molecule has 1 atom stereocenters. The van der Waals surface area contributed by atoms with Gasteiger partial charge in [0.05, 0.1) is 7.11 Å². The van der Waals surface area contributed by atoms with Gasteiger partial charge >= 0.3 is 0 Å². The molecular weight excluding hydrogens is 504 g/mol. The van der Waals surface area contributed by atoms with Gasteiger partial charge in [0.15, 0.2) is 0 Å². The van der Waals surface area contributed by atoms with Gasteiger partial charge in [0.2, 0.25) is 17.7 Å². The second kappa shape index (κ2) is 11.6. The van der Waals surface area contributed by atoms with Crippen molar-refractivity contribution in [3.05, 3.63) is 87.3 Å². The third-order valence-corrected chi connectivity index (χ3v) is 6.97. The van der Waals surface area contributed by atoms with Crippen LogP contribution in [0.3, 0.4) is 0 Å². The standard InChI is InChI=1S/C29H31ClN4O4/c1-5-19-11-12-20-14-23(27(36)32-25(20)33-28(19)38-4)26(35)31-24-15-21(10-9-17(24)2)29(37)34(3)16-18-7-6-8-22(30)13-18/h6-10,12-13,15,23H,5,11,14,16H2,1-4H3,(H,31,35)(H,32,33,36). The van der Waals surface area contributed by atoms with Crippen LogP contribution in [-0.4, -0.2) is 42.6 Å². The van der Waals surface area contributed by atoms with E-state index in [1.807, 2.05) is 38.1 Å². The molecule has 1 saturated heterocycles. The normalized spacial score (nSPS) is 17.0. The smallest absolute Gasteiger partial charge is 0.253 e. The van der Waals surface area contributed by atoms with E-state index in [0.717, 1.165) is 28.7 Å². The number of methoxy groups -OCH3 is 1. The maximum Gasteiger partial charge on any atom is 0.253 e. The first kappa shape index (κ1) is 27.1. The molecule has 0 aliphatic carbocycles. The minimum absolute atomic E-state index is 0.200. The van der Waals surface area contributed by atoms with Crippen LogP contribution in [0, 0.1) is 12.8 Å². The fourth-order valence-electron chi connectivity index (χ4n) is 4.50. The van der Waals surface area contributed by atoms with E-state index >= 15 is 0 Å². The summed E-state index contributed by atoms with van der Waals surface area (Å²) in [5.41, 5.74) is 4.42. The van der Waals surface area contributed by atoms with E-state index in [1.165, 1.54) is 0 Å². The van der Waals surface area contributed by atoms with Crippen LogP contribution in [0.15, 0.2) is 70.6 Å². The zero-order chi connectivity index (χ0) is 27.4. The Balaban J connectivity index is 1.48. The molecule has 0 saturated carbocycles. The maximum absolute atomic E-state index is 13.2. The summed E-state index contributed by atoms with van der Waals surface area (Å²) in [6.07, 6.45) is 3.62. The number of piperidine rings is 1. The van der Waals surface area contributed by atoms with E-state index in [9.17, 15) is 14.4 Å². The molecular formula is C29H31ClN4O4. The number of carbonyl (C=O) groups is 3. The Bertz CT molecular complexity index is 1380. The Morgan fingerprint density at radius 3 is 2.74 bits per heavy atom. The lowest BCUT2D eigenvalue weighted by atomic mass is 9.91. The molecule has 2 aromatic carbocycles. The number of benzene rings is 2. The molecule has 2 aromatic rings. The van der Waals surface area contributed by atoms with Crippen LogP contribution in [0.5, 0.6) is 0 Å². The molecule has 2 N–H and O–H groups in total. The number of hydrogen-bond donors (Lipinski definition) is 2. The summed E-state index contributed by atoms with van der Waals surface area (Å²) in [6.45, 7) is 4.24. The molecule has 4 rings (SSSR count). The first-order valence-corrected chi connectivity index (χ1v) is 12.8. The van der Waals surface area contributed by atoms with Crippen molar-refractivity contribution in [2.75, 3.05) is 19.5 Å². The van der Waals surface area contributed by atoms with Gasteiger partial charge in [-0.05, 0) is 72.7 Å². The molecule has 0 spiro atoms. The zero-order valence-corrected chi connectivity index (χ0v) is 22.7. The number of carbonyl (C=O) groups excluding carboxylic acids is 3. The Morgan fingerprint density at radius 2 is 2.03 bits per heavy atom. The van der Waals surface area contributed by atoms with Crippen LogP contribution in [0.25, 0.3) is 0 Å². The van der Waals surface area contributed by atoms with E-state index in [-0.39, 0.29) is 12.3 Å². The van der Waals surface area contributed by atoms with Crippen LogP contribution in [-0.2, 0) is 20.9 Å². The molecule has 2 aliphatic heterocycles. The molecule has 0 radical (unpaired) electrons. The number of ether oxygens (including phenoxy) is 1. The third kappa shape index (κ3) is 5.97. The number of nitrogens with zero attached hydrogens (tertiary/aromatic N) is 2. The van der Waals surface area contributed by atoms with Crippen LogP contribution in [0.2, 0.25) is 5.02 Å². The first-order valence-electron chi connectivity index (χ1n) is 12.5. The van der Waals surface area contributed by atoms with Crippen molar-refractivity contribution in [1.29, 1.82) is 0 Å². The molecule has 9 heteroatoms. The molecule has 38 heavy (non-hydrogen) atoms. The fourth-order valence-corrected chi connectivity index (χ4v) is 4.71. The number of allylic oxidation sites excluding steroid dienone is 2. The van der Waals surface area contributed by atoms with E-state index in [1.54, 1.807) is 43.3 Å². The molecule has 0 bridgehead atoms. The van der Waals surface area contributed by atoms with Crippen molar-refractivity contribution in [3.8, 4) is 0 Å². The van der Waals surface area contributed by atoms with Gasteiger partial charge in [0, 0.05) is 29.9 Å². The number of hydrogen-bond acceptors (Lipinski definition) is 5. The van der Waals surface area contributed by atoms with Gasteiger partial charge in [0.1, 0.15) is 11.8 Å². The topological polar surface area (TPSA) is 100 Å². The average molecular weight is 535 g/mol. The number of halogens is 1. The quantitative estimate of drug-likeness (QED) is 0.489. The number of aliphatic imine (C=N–C) groups is 1. The second-order valence-corrected chi connectivity index (χ2v) is 9.85. The number of amides is 3. The molecule has 3 amide bonds. The highest BCUT2D eigenvalue weighted by Gasteiger charge is 2.35. The van der Waals surface area contributed by atoms with E-state index in [0.29, 0.717) is 41.0 Å². The molecule has 1 unspecified atom stereocenters. The molecule has 1 fully saturated rings. The minimum atomic E-state index is -0.932. The van der Waals surface area contributed by atoms with Crippen molar-refractivity contribution >= 4 is 40.8 Å². The number of amidine groups is 1. The monoisotopic (exact) mass is 534 g/mol. The predicted octanol–water partition coefficient (Wildman–Crippen LogP) is 4.99. The summed E-state index contributed by atoms with van der Waals surface area (Å²) in [5.74, 6) is -1.09. The van der Waals surface area contributed by atoms with Gasteiger partial charge in [-0.3, -0.25) is 14.4 Å². The number of aryl methyl sites for hydroxylation is 1. The SMILES string of the molecule is CCC1=C(OC)N=C2NC(=O)C(C(=O)Nc3cc(C(=O)N(C)Cc4cccc(Cl)c4)ccc3C)CC2=CC1. The Hall–Kier alpha value is -3.91. The minimum Gasteiger partial charge on any atom is -0.481 e. The summed E-state index contributed by atoms with van der Waals surface area (Å²) >= 11 is 6.07. The zero-order valence-electron chi connectivity index (χ0n) is 21.9. The Morgan fingerprint density at radius 1 is 1.24 bits per heavy atom. The molecule has 8 nitrogen and oxygen atoms in total. The maximum atomic E-state index is 13.2. The summed E-state index contributed by atoms with van der Waals surface area (Å²) in [5, 5.41) is 6.24. The van der Waals surface area contributed by atoms with Gasteiger partial charge in [0.25, 0.3) is 5.91 Å². The summed E-state index contributed by atoms with van der Waals surface area (Å²) in [4.78, 5) is 45.3. The van der Waals surface area contributed by atoms with Crippen molar-refractivity contribution < 1.29 is 19.1 Å². The number of anilines is 1. The lowest BCUT2D eigenvalue weighted by Crippen LogP contribution is -2.47. The highest BCUT2D eigenvalue weighted by atomic mass is 35.5. The number of fused-ring (bicyclic) bond motifs is 1. The molecule has 198 valence electrons. The highest BCUT2D eigenvalue weighted by Crippen LogP contribution is 2.28. The van der Waals surface area contributed by atoms with Crippen molar-refractivity contribution in [2.24, 2.45) is 10.9 Å². The van der Waals surface area contributed by atoms with Crippen LogP contribution in [0.4, 0.5) is 5.69 Å². The largest absolute Gasteiger partial charge is 0.481 e. The Labute approximate surface area is 227 Å². The van der Waals surface area contributed by atoms with E-state index in [2.05, 4.69) is 15.6 Å². The van der Waals surface area contributed by atoms with Gasteiger partial charge < -0.3 is 20.3 Å². The summed E-state index contributed by atoms with van der Waals surface area (Å²) in [6, 6.07) is 12.5. The van der Waals surface area contributed by atoms with E-state index in [4.69, 9.17) is 16.3 Å². The lowest BCUT2D eigenvalue weighted by molar-refractivity contribution is -0.131. The molecule has 2 heterocycles. The van der Waals surface area contributed by atoms with Crippen LogP contribution < -0.4 is 10.6 Å². The van der Waals surface area contributed by atoms with Gasteiger partial charge in [-0.2, -0.15) is 4.99 Å². The van der Waals surface area contributed by atoms with Gasteiger partial charge in [-0.15, -0.1) is 0 Å². The van der Waals surface area contributed by atoms with E-state index < -0.39 is 17.7 Å². The Kier molecular flexibility index (Phi) is 8.32. The highest BCUT2D eigenvalue weighted by molar-refractivity contribution is 6.30. The van der Waals surface area contributed by atoms with Crippen LogP contribution in [0.1, 0.15) is 47.7 Å². The number of rotatable bonds is 7. The third-order valence-electron chi connectivity index (χ3n) is 6.73. The second-order valence-electron chi connectivity index (χ2n) is 9.42. The first-order chi connectivity index (χ1) is 18.2. The summed E-state index contributed by atoms with van der Waals surface area (Å²) in [7, 11) is 3.26. The summed E-state index contributed by atoms with van der Waals surface area (Å²) < 4.78 is 5.40. The molecule has 2 aliphatic rings. The van der Waals surface area contributed by atoms with Crippen molar-refractivity contribution in [3.63, 3.8) is 0 Å². The lowest BCUT2D eigenvalue weighted by Gasteiger charge is -2.25. The fraction of sp³-hybridized carbons (Fsp3) is 0.310. The van der Waals surface area contributed by atoms with Gasteiger partial charge in [-0.25, -0.2) is 0 Å². The molecule has 0 aromatic heterocycles. The average Bonchev–Trinajstić information content (AvgIpc) is 3.07. The van der Waals surface area contributed by atoms with Crippen molar-refractivity contribution in [2.45, 2.75) is 39.7 Å².